The number of anilines is 1. The van der Waals surface area contributed by atoms with Gasteiger partial charge < -0.3 is 14.8 Å². The number of carbonyl (C=O) groups is 1. The lowest BCUT2D eigenvalue weighted by Crippen LogP contribution is -2.49. The maximum Gasteiger partial charge on any atom is 0.227 e. The number of rotatable bonds is 3. The normalized spacial score (nSPS) is 14.6. The first-order valence-electron chi connectivity index (χ1n) is 9.92. The van der Waals surface area contributed by atoms with Crippen molar-refractivity contribution < 1.29 is 13.6 Å². The van der Waals surface area contributed by atoms with Crippen molar-refractivity contribution in [2.24, 2.45) is 0 Å². The Balaban J connectivity index is 1.32. The van der Waals surface area contributed by atoms with Gasteiger partial charge in [-0.2, -0.15) is 0 Å². The number of para-hydroxylation sites is 1. The van der Waals surface area contributed by atoms with E-state index in [1.807, 2.05) is 40.3 Å². The number of halogens is 2. The molecule has 4 aromatic rings. The molecule has 1 aliphatic rings. The quantitative estimate of drug-likeness (QED) is 0.562. The molecule has 7 heteroatoms. The standard InChI is InChI=1S/C23H20F2N4O/c24-17-5-6-18(25)23-22(17)20(7-8-26-23)28-9-11-29(12-10-28)21(30)13-15-14-27-19-4-2-1-3-16(15)19/h1-8,14,27H,9-13H2. The van der Waals surface area contributed by atoms with Crippen LogP contribution in [-0.4, -0.2) is 47.0 Å². The molecule has 1 saturated heterocycles. The maximum absolute atomic E-state index is 14.4. The number of carbonyl (C=O) groups excluding carboxylic acids is 1. The zero-order chi connectivity index (χ0) is 20.7. The number of pyridine rings is 1. The van der Waals surface area contributed by atoms with E-state index in [-0.39, 0.29) is 16.8 Å². The Hall–Kier alpha value is -3.48. The third-order valence-corrected chi connectivity index (χ3v) is 5.76. The number of hydrogen-bond acceptors (Lipinski definition) is 3. The zero-order valence-corrected chi connectivity index (χ0v) is 16.2. The minimum atomic E-state index is -0.541. The van der Waals surface area contributed by atoms with Crippen LogP contribution in [0.15, 0.2) is 54.9 Å². The number of amides is 1. The minimum Gasteiger partial charge on any atom is -0.367 e. The molecule has 1 N–H and O–H groups in total. The summed E-state index contributed by atoms with van der Waals surface area (Å²) in [6.45, 7) is 2.16. The van der Waals surface area contributed by atoms with E-state index >= 15 is 0 Å². The molecular formula is C23H20F2N4O. The summed E-state index contributed by atoms with van der Waals surface area (Å²) in [6, 6.07) is 11.8. The summed E-state index contributed by atoms with van der Waals surface area (Å²) in [5, 5.41) is 1.25. The van der Waals surface area contributed by atoms with E-state index in [1.54, 1.807) is 6.07 Å². The fourth-order valence-corrected chi connectivity index (χ4v) is 4.19. The summed E-state index contributed by atoms with van der Waals surface area (Å²) in [6.07, 6.45) is 3.72. The molecule has 2 aromatic carbocycles. The average Bonchev–Trinajstić information content (AvgIpc) is 3.19. The van der Waals surface area contributed by atoms with Gasteiger partial charge in [0.25, 0.3) is 0 Å². The maximum atomic E-state index is 14.4. The van der Waals surface area contributed by atoms with Gasteiger partial charge in [-0.1, -0.05) is 18.2 Å². The number of aromatic nitrogens is 2. The van der Waals surface area contributed by atoms with Crippen molar-refractivity contribution in [3.63, 3.8) is 0 Å². The van der Waals surface area contributed by atoms with Crippen molar-refractivity contribution >= 4 is 33.4 Å². The van der Waals surface area contributed by atoms with Gasteiger partial charge in [0.1, 0.15) is 17.2 Å². The van der Waals surface area contributed by atoms with Crippen molar-refractivity contribution in [1.29, 1.82) is 0 Å². The second-order valence-corrected chi connectivity index (χ2v) is 7.49. The van der Waals surface area contributed by atoms with Crippen molar-refractivity contribution in [2.75, 3.05) is 31.1 Å². The average molecular weight is 406 g/mol. The van der Waals surface area contributed by atoms with Crippen LogP contribution >= 0.6 is 0 Å². The molecule has 3 heterocycles. The fourth-order valence-electron chi connectivity index (χ4n) is 4.19. The fraction of sp³-hybridized carbons (Fsp3) is 0.217. The summed E-state index contributed by atoms with van der Waals surface area (Å²) in [4.78, 5) is 23.9. The van der Waals surface area contributed by atoms with Crippen molar-refractivity contribution in [3.8, 4) is 0 Å². The predicted molar refractivity (Wildman–Crippen MR) is 112 cm³/mol. The van der Waals surface area contributed by atoms with Crippen molar-refractivity contribution in [2.45, 2.75) is 6.42 Å². The van der Waals surface area contributed by atoms with Crippen LogP contribution in [0.1, 0.15) is 5.56 Å². The largest absolute Gasteiger partial charge is 0.367 e. The molecule has 1 aliphatic heterocycles. The molecule has 0 unspecified atom stereocenters. The van der Waals surface area contributed by atoms with E-state index in [1.165, 1.54) is 6.20 Å². The third kappa shape index (κ3) is 3.16. The molecule has 5 rings (SSSR count). The van der Waals surface area contributed by atoms with Gasteiger partial charge in [-0.05, 0) is 29.8 Å². The summed E-state index contributed by atoms with van der Waals surface area (Å²) in [5.41, 5.74) is 2.64. The molecule has 0 radical (unpaired) electrons. The molecule has 0 saturated carbocycles. The Morgan fingerprint density at radius 2 is 1.77 bits per heavy atom. The highest BCUT2D eigenvalue weighted by Crippen LogP contribution is 2.30. The van der Waals surface area contributed by atoms with E-state index < -0.39 is 11.6 Å². The van der Waals surface area contributed by atoms with Gasteiger partial charge in [-0.15, -0.1) is 0 Å². The monoisotopic (exact) mass is 406 g/mol. The van der Waals surface area contributed by atoms with Crippen LogP contribution in [0, 0.1) is 11.6 Å². The Morgan fingerprint density at radius 3 is 2.60 bits per heavy atom. The Labute approximate surface area is 171 Å². The summed E-state index contributed by atoms with van der Waals surface area (Å²) in [7, 11) is 0. The summed E-state index contributed by atoms with van der Waals surface area (Å²) in [5.74, 6) is -0.968. The molecule has 1 amide bonds. The van der Waals surface area contributed by atoms with Crippen LogP contribution in [0.4, 0.5) is 14.5 Å². The topological polar surface area (TPSA) is 52.2 Å². The Kier molecular flexibility index (Phi) is 4.58. The molecule has 0 atom stereocenters. The summed E-state index contributed by atoms with van der Waals surface area (Å²) < 4.78 is 28.5. The lowest BCUT2D eigenvalue weighted by Gasteiger charge is -2.36. The lowest BCUT2D eigenvalue weighted by molar-refractivity contribution is -0.130. The second-order valence-electron chi connectivity index (χ2n) is 7.49. The van der Waals surface area contributed by atoms with Crippen LogP contribution in [0.5, 0.6) is 0 Å². The number of H-pyrrole nitrogens is 1. The molecular weight excluding hydrogens is 386 g/mol. The van der Waals surface area contributed by atoms with Gasteiger partial charge in [0.05, 0.1) is 17.5 Å². The SMILES string of the molecule is O=C(Cc1c[nH]c2ccccc12)N1CCN(c2ccnc3c(F)ccc(F)c23)CC1. The minimum absolute atomic E-state index is 0.0327. The lowest BCUT2D eigenvalue weighted by atomic mass is 10.1. The van der Waals surface area contributed by atoms with E-state index in [0.717, 1.165) is 28.6 Å². The molecule has 0 bridgehead atoms. The predicted octanol–water partition coefficient (Wildman–Crippen LogP) is 3.89. The zero-order valence-electron chi connectivity index (χ0n) is 16.2. The first-order valence-corrected chi connectivity index (χ1v) is 9.92. The van der Waals surface area contributed by atoms with Crippen molar-refractivity contribution in [3.05, 3.63) is 72.1 Å². The van der Waals surface area contributed by atoms with E-state index in [9.17, 15) is 13.6 Å². The molecule has 0 aliphatic carbocycles. The van der Waals surface area contributed by atoms with Crippen LogP contribution in [0.25, 0.3) is 21.8 Å². The highest BCUT2D eigenvalue weighted by Gasteiger charge is 2.24. The number of hydrogen-bond donors (Lipinski definition) is 1. The van der Waals surface area contributed by atoms with Crippen LogP contribution in [-0.2, 0) is 11.2 Å². The number of aromatic amines is 1. The van der Waals surface area contributed by atoms with E-state index in [0.29, 0.717) is 38.3 Å². The number of nitrogens with zero attached hydrogens (tertiary/aromatic N) is 3. The number of benzene rings is 2. The number of fused-ring (bicyclic) bond motifs is 2. The van der Waals surface area contributed by atoms with Crippen molar-refractivity contribution in [1.82, 2.24) is 14.9 Å². The smallest absolute Gasteiger partial charge is 0.227 e. The third-order valence-electron chi connectivity index (χ3n) is 5.76. The Bertz CT molecular complexity index is 1240. The molecule has 30 heavy (non-hydrogen) atoms. The van der Waals surface area contributed by atoms with Gasteiger partial charge in [0, 0.05) is 49.5 Å². The molecule has 1 fully saturated rings. The second kappa shape index (κ2) is 7.40. The van der Waals surface area contributed by atoms with E-state index in [4.69, 9.17) is 0 Å². The van der Waals surface area contributed by atoms with Gasteiger partial charge in [-0.25, -0.2) is 8.78 Å². The molecule has 152 valence electrons. The Morgan fingerprint density at radius 1 is 1.00 bits per heavy atom. The molecule has 5 nitrogen and oxygen atoms in total. The number of piperazine rings is 1. The first kappa shape index (κ1) is 18.5. The van der Waals surface area contributed by atoms with Gasteiger partial charge in [0.15, 0.2) is 0 Å². The van der Waals surface area contributed by atoms with Gasteiger partial charge in [-0.3, -0.25) is 9.78 Å². The highest BCUT2D eigenvalue weighted by molar-refractivity contribution is 5.93. The molecule has 2 aromatic heterocycles. The van der Waals surface area contributed by atoms with Gasteiger partial charge >= 0.3 is 0 Å². The molecule has 0 spiro atoms. The van der Waals surface area contributed by atoms with Gasteiger partial charge in [0.2, 0.25) is 5.91 Å². The van der Waals surface area contributed by atoms with Crippen LogP contribution in [0.3, 0.4) is 0 Å². The van der Waals surface area contributed by atoms with Crippen LogP contribution in [0.2, 0.25) is 0 Å². The number of nitrogens with one attached hydrogen (secondary N) is 1. The highest BCUT2D eigenvalue weighted by atomic mass is 19.1. The van der Waals surface area contributed by atoms with Crippen LogP contribution < -0.4 is 4.90 Å². The van der Waals surface area contributed by atoms with E-state index in [2.05, 4.69) is 9.97 Å². The first-order chi connectivity index (χ1) is 14.6. The summed E-state index contributed by atoms with van der Waals surface area (Å²) >= 11 is 0.